The molecule has 146 valence electrons. The zero-order valence-electron chi connectivity index (χ0n) is 14.8. The van der Waals surface area contributed by atoms with Crippen molar-refractivity contribution >= 4 is 15.9 Å². The Morgan fingerprint density at radius 2 is 2.15 bits per heavy atom. The molecule has 10 heteroatoms. The highest BCUT2D eigenvalue weighted by molar-refractivity contribution is 7.89. The van der Waals surface area contributed by atoms with Gasteiger partial charge in [-0.25, -0.2) is 18.1 Å². The molecule has 0 aromatic carbocycles. The predicted molar refractivity (Wildman–Crippen MR) is 92.6 cm³/mol. The fourth-order valence-corrected chi connectivity index (χ4v) is 4.34. The van der Waals surface area contributed by atoms with E-state index in [2.05, 4.69) is 15.0 Å². The Kier molecular flexibility index (Phi) is 5.96. The molecular formula is C16H26N4O5S. The van der Waals surface area contributed by atoms with Crippen molar-refractivity contribution in [1.82, 2.24) is 19.6 Å². The number of sulfonamides is 1. The molecule has 1 saturated carbocycles. The molecular weight excluding hydrogens is 360 g/mol. The number of carbonyl (C=O) groups is 1. The number of aliphatic hydroxyl groups excluding tert-OH is 1. The van der Waals surface area contributed by atoms with Crippen LogP contribution in [0, 0.1) is 5.92 Å². The summed E-state index contributed by atoms with van der Waals surface area (Å²) in [5, 5.41) is 12.4. The van der Waals surface area contributed by atoms with Crippen LogP contribution in [0.1, 0.15) is 32.1 Å². The number of aromatic nitrogens is 2. The van der Waals surface area contributed by atoms with Gasteiger partial charge >= 0.3 is 0 Å². The smallest absolute Gasteiger partial charge is 0.259 e. The molecule has 1 aliphatic heterocycles. The number of hydrogen-bond donors (Lipinski definition) is 3. The molecule has 3 atom stereocenters. The van der Waals surface area contributed by atoms with Crippen LogP contribution in [0.25, 0.3) is 0 Å². The summed E-state index contributed by atoms with van der Waals surface area (Å²) in [6.07, 6.45) is 5.41. The summed E-state index contributed by atoms with van der Waals surface area (Å²) >= 11 is 0. The molecule has 9 nitrogen and oxygen atoms in total. The molecule has 3 rings (SSSR count). The number of imidazole rings is 1. The Morgan fingerprint density at radius 1 is 1.38 bits per heavy atom. The molecule has 1 amide bonds. The second-order valence-electron chi connectivity index (χ2n) is 7.11. The van der Waals surface area contributed by atoms with Gasteiger partial charge < -0.3 is 19.7 Å². The van der Waals surface area contributed by atoms with Gasteiger partial charge in [0.05, 0.1) is 37.6 Å². The second kappa shape index (κ2) is 8.03. The van der Waals surface area contributed by atoms with E-state index in [0.717, 1.165) is 0 Å². The molecule has 2 heterocycles. The van der Waals surface area contributed by atoms with Crippen molar-refractivity contribution in [2.45, 2.75) is 55.4 Å². The van der Waals surface area contributed by atoms with Gasteiger partial charge in [0.2, 0.25) is 5.91 Å². The minimum absolute atomic E-state index is 0.0638. The van der Waals surface area contributed by atoms with Crippen molar-refractivity contribution in [3.05, 3.63) is 12.5 Å². The van der Waals surface area contributed by atoms with Crippen molar-refractivity contribution in [3.63, 3.8) is 0 Å². The minimum atomic E-state index is -3.79. The summed E-state index contributed by atoms with van der Waals surface area (Å²) in [5.74, 6) is 0.549. The van der Waals surface area contributed by atoms with Crippen LogP contribution in [0.3, 0.4) is 0 Å². The lowest BCUT2D eigenvalue weighted by Crippen LogP contribution is -2.51. The molecule has 2 aliphatic rings. The molecule has 1 saturated heterocycles. The Bertz CT molecular complexity index is 731. The molecule has 2 fully saturated rings. The summed E-state index contributed by atoms with van der Waals surface area (Å²) in [5.41, 5.74) is 0. The van der Waals surface area contributed by atoms with E-state index in [1.807, 2.05) is 0 Å². The number of amides is 1. The third-order valence-electron chi connectivity index (χ3n) is 4.76. The minimum Gasteiger partial charge on any atom is -0.394 e. The Labute approximate surface area is 153 Å². The SMILES string of the molecule is Cn1cnc(S(=O)(=O)N[C@@H]2CC[C@H](CC(=O)NCC3CC3)O[C@@H]2CO)c1. The van der Waals surface area contributed by atoms with Crippen molar-refractivity contribution < 1.29 is 23.1 Å². The van der Waals surface area contributed by atoms with Gasteiger partial charge in [-0.3, -0.25) is 4.79 Å². The number of aryl methyl sites for hydroxylation is 1. The second-order valence-corrected chi connectivity index (χ2v) is 8.77. The van der Waals surface area contributed by atoms with E-state index in [0.29, 0.717) is 25.3 Å². The van der Waals surface area contributed by atoms with Gasteiger partial charge in [0, 0.05) is 19.8 Å². The lowest BCUT2D eigenvalue weighted by atomic mass is 9.98. The molecule has 1 aromatic rings. The Morgan fingerprint density at radius 3 is 2.77 bits per heavy atom. The molecule has 3 N–H and O–H groups in total. The first-order valence-corrected chi connectivity index (χ1v) is 10.4. The highest BCUT2D eigenvalue weighted by Gasteiger charge is 2.35. The fraction of sp³-hybridized carbons (Fsp3) is 0.750. The summed E-state index contributed by atoms with van der Waals surface area (Å²) in [4.78, 5) is 15.8. The Balaban J connectivity index is 1.53. The van der Waals surface area contributed by atoms with Crippen molar-refractivity contribution in [3.8, 4) is 0 Å². The summed E-state index contributed by atoms with van der Waals surface area (Å²) in [6.45, 7) is 0.386. The van der Waals surface area contributed by atoms with Crippen LogP contribution >= 0.6 is 0 Å². The summed E-state index contributed by atoms with van der Waals surface area (Å²) in [6, 6.07) is -0.558. The molecule has 0 unspecified atom stereocenters. The van der Waals surface area contributed by atoms with Gasteiger partial charge in [0.1, 0.15) is 0 Å². The molecule has 1 aliphatic carbocycles. The van der Waals surface area contributed by atoms with Gasteiger partial charge in [-0.15, -0.1) is 0 Å². The number of carbonyl (C=O) groups excluding carboxylic acids is 1. The number of aliphatic hydroxyl groups is 1. The maximum absolute atomic E-state index is 12.4. The van der Waals surface area contributed by atoms with Gasteiger partial charge in [0.25, 0.3) is 10.0 Å². The monoisotopic (exact) mass is 386 g/mol. The first-order chi connectivity index (χ1) is 12.4. The highest BCUT2D eigenvalue weighted by atomic mass is 32.2. The maximum atomic E-state index is 12.4. The number of ether oxygens (including phenoxy) is 1. The summed E-state index contributed by atoms with van der Waals surface area (Å²) < 4.78 is 34.7. The quantitative estimate of drug-likeness (QED) is 0.555. The van der Waals surface area contributed by atoms with Crippen LogP contribution in [-0.4, -0.2) is 60.4 Å². The third-order valence-corrected chi connectivity index (χ3v) is 6.13. The van der Waals surface area contributed by atoms with Crippen molar-refractivity contribution in [2.75, 3.05) is 13.2 Å². The Hall–Kier alpha value is -1.49. The summed E-state index contributed by atoms with van der Waals surface area (Å²) in [7, 11) is -2.10. The standard InChI is InChI=1S/C16H26N4O5S/c1-20-8-16(18-10-20)26(23,24)19-13-5-4-12(25-14(13)9-21)6-15(22)17-7-11-2-3-11/h8,10-14,19,21H,2-7,9H2,1H3,(H,17,22)/t12-,13-,14-/m1/s1. The van der Waals surface area contributed by atoms with E-state index >= 15 is 0 Å². The zero-order chi connectivity index (χ0) is 18.7. The molecule has 0 spiro atoms. The van der Waals surface area contributed by atoms with Crippen LogP contribution < -0.4 is 10.0 Å². The lowest BCUT2D eigenvalue weighted by Gasteiger charge is -2.35. The van der Waals surface area contributed by atoms with E-state index in [1.54, 1.807) is 11.6 Å². The van der Waals surface area contributed by atoms with E-state index in [-0.39, 0.29) is 30.1 Å². The number of hydrogen-bond acceptors (Lipinski definition) is 6. The van der Waals surface area contributed by atoms with Gasteiger partial charge in [-0.2, -0.15) is 0 Å². The topological polar surface area (TPSA) is 123 Å². The van der Waals surface area contributed by atoms with Crippen molar-refractivity contribution in [2.24, 2.45) is 13.0 Å². The van der Waals surface area contributed by atoms with Crippen molar-refractivity contribution in [1.29, 1.82) is 0 Å². The number of rotatable bonds is 8. The highest BCUT2D eigenvalue weighted by Crippen LogP contribution is 2.28. The van der Waals surface area contributed by atoms with E-state index in [1.165, 1.54) is 25.4 Å². The number of nitrogens with one attached hydrogen (secondary N) is 2. The molecule has 1 aromatic heterocycles. The molecule has 0 bridgehead atoms. The third kappa shape index (κ3) is 5.03. The molecule has 0 radical (unpaired) electrons. The van der Waals surface area contributed by atoms with Gasteiger partial charge in [0.15, 0.2) is 5.03 Å². The van der Waals surface area contributed by atoms with Crippen LogP contribution in [0.4, 0.5) is 0 Å². The van der Waals surface area contributed by atoms with E-state index in [9.17, 15) is 18.3 Å². The first-order valence-electron chi connectivity index (χ1n) is 8.90. The first kappa shape index (κ1) is 19.3. The van der Waals surface area contributed by atoms with Crippen LogP contribution in [0.15, 0.2) is 17.6 Å². The normalized spacial score (nSPS) is 26.6. The lowest BCUT2D eigenvalue weighted by molar-refractivity contribution is -0.130. The average molecular weight is 386 g/mol. The van der Waals surface area contributed by atoms with Crippen LogP contribution in [0.2, 0.25) is 0 Å². The largest absolute Gasteiger partial charge is 0.394 e. The van der Waals surface area contributed by atoms with E-state index < -0.39 is 22.2 Å². The molecule has 26 heavy (non-hydrogen) atoms. The van der Waals surface area contributed by atoms with Crippen LogP contribution in [0.5, 0.6) is 0 Å². The fourth-order valence-electron chi connectivity index (χ4n) is 3.06. The predicted octanol–water partition coefficient (Wildman–Crippen LogP) is -0.477. The number of nitrogens with zero attached hydrogens (tertiary/aromatic N) is 2. The van der Waals surface area contributed by atoms with Gasteiger partial charge in [-0.1, -0.05) is 0 Å². The van der Waals surface area contributed by atoms with E-state index in [4.69, 9.17) is 4.74 Å². The average Bonchev–Trinajstić information content (AvgIpc) is 3.32. The maximum Gasteiger partial charge on any atom is 0.259 e. The zero-order valence-corrected chi connectivity index (χ0v) is 15.6. The van der Waals surface area contributed by atoms with Crippen LogP contribution in [-0.2, 0) is 26.6 Å². The van der Waals surface area contributed by atoms with Gasteiger partial charge in [-0.05, 0) is 31.6 Å².